The van der Waals surface area contributed by atoms with E-state index >= 15 is 0 Å². The highest BCUT2D eigenvalue weighted by atomic mass is 35.5. The molecule has 0 fully saturated rings. The van der Waals surface area contributed by atoms with Gasteiger partial charge in [-0.3, -0.25) is 4.57 Å². The van der Waals surface area contributed by atoms with Crippen LogP contribution in [0.2, 0.25) is 5.02 Å². The molecule has 0 aliphatic heterocycles. The zero-order valence-electron chi connectivity index (χ0n) is 16.5. The molecule has 7 heteroatoms. The minimum Gasteiger partial charge on any atom is -0.427 e. The van der Waals surface area contributed by atoms with E-state index in [1.807, 2.05) is 60.7 Å². The Morgan fingerprint density at radius 1 is 1.00 bits per heavy atom. The molecule has 150 valence electrons. The van der Waals surface area contributed by atoms with Crippen LogP contribution >= 0.6 is 11.6 Å². The molecule has 0 N–H and O–H groups in total. The van der Waals surface area contributed by atoms with E-state index in [2.05, 4.69) is 14.5 Å². The van der Waals surface area contributed by atoms with Crippen molar-refractivity contribution in [2.45, 2.75) is 45.6 Å². The molecule has 0 radical (unpaired) electrons. The topological polar surface area (TPSA) is 61.7 Å². The Kier molecular flexibility index (Phi) is 6.10. The number of benzene rings is 1. The summed E-state index contributed by atoms with van der Waals surface area (Å²) in [6.45, 7) is 2.95. The minimum absolute atomic E-state index is 0.556. The van der Waals surface area contributed by atoms with E-state index in [9.17, 15) is 0 Å². The van der Waals surface area contributed by atoms with Crippen molar-refractivity contribution >= 4 is 11.6 Å². The molecule has 0 bridgehead atoms. The summed E-state index contributed by atoms with van der Waals surface area (Å²) in [5.41, 5.74) is 1.89. The van der Waals surface area contributed by atoms with Crippen molar-refractivity contribution in [3.63, 3.8) is 0 Å². The molecule has 3 aromatic heterocycles. The first-order valence-corrected chi connectivity index (χ1v) is 10.3. The zero-order chi connectivity index (χ0) is 20.1. The van der Waals surface area contributed by atoms with Crippen molar-refractivity contribution in [2.24, 2.45) is 0 Å². The Morgan fingerprint density at radius 2 is 1.83 bits per heavy atom. The fourth-order valence-electron chi connectivity index (χ4n) is 3.38. The van der Waals surface area contributed by atoms with E-state index in [0.717, 1.165) is 55.1 Å². The number of oxazole rings is 1. The lowest BCUT2D eigenvalue weighted by Crippen LogP contribution is -1.95. The van der Waals surface area contributed by atoms with Crippen LogP contribution in [0, 0.1) is 6.92 Å². The fourth-order valence-corrected chi connectivity index (χ4v) is 3.50. The quantitative estimate of drug-likeness (QED) is 0.343. The van der Waals surface area contributed by atoms with E-state index in [1.54, 1.807) is 6.20 Å². The van der Waals surface area contributed by atoms with Gasteiger partial charge in [0.25, 0.3) is 0 Å². The minimum atomic E-state index is 0.556. The van der Waals surface area contributed by atoms with Gasteiger partial charge in [0.2, 0.25) is 0 Å². The van der Waals surface area contributed by atoms with E-state index in [4.69, 9.17) is 21.0 Å². The van der Waals surface area contributed by atoms with E-state index in [0.29, 0.717) is 11.0 Å². The average Bonchev–Trinajstić information content (AvgIpc) is 3.46. The molecule has 29 heavy (non-hydrogen) atoms. The summed E-state index contributed by atoms with van der Waals surface area (Å²) in [6, 6.07) is 8.29. The summed E-state index contributed by atoms with van der Waals surface area (Å²) in [5.74, 6) is 1.75. The second-order valence-electron chi connectivity index (χ2n) is 7.08. The Bertz CT molecular complexity index is 1030. The van der Waals surface area contributed by atoms with Crippen LogP contribution in [-0.2, 0) is 13.0 Å². The lowest BCUT2D eigenvalue weighted by molar-refractivity contribution is 0.467. The van der Waals surface area contributed by atoms with Gasteiger partial charge in [-0.1, -0.05) is 36.6 Å². The molecular weight excluding hydrogens is 386 g/mol. The molecule has 3 heterocycles. The number of nitrogens with zero attached hydrogens (tertiary/aromatic N) is 5. The van der Waals surface area contributed by atoms with Crippen LogP contribution in [0.1, 0.15) is 37.3 Å². The monoisotopic (exact) mass is 409 g/mol. The maximum Gasteiger partial charge on any atom is 0.307 e. The van der Waals surface area contributed by atoms with E-state index in [1.165, 1.54) is 6.42 Å². The maximum absolute atomic E-state index is 6.16. The van der Waals surface area contributed by atoms with Crippen LogP contribution in [0.25, 0.3) is 17.3 Å². The molecule has 0 aliphatic carbocycles. The normalized spacial score (nSPS) is 11.2. The summed E-state index contributed by atoms with van der Waals surface area (Å²) >= 11 is 6.05. The summed E-state index contributed by atoms with van der Waals surface area (Å²) in [7, 11) is 0. The second-order valence-corrected chi connectivity index (χ2v) is 7.52. The predicted octanol–water partition coefficient (Wildman–Crippen LogP) is 5.49. The number of hydrogen-bond donors (Lipinski definition) is 0. The van der Waals surface area contributed by atoms with Gasteiger partial charge in [0.1, 0.15) is 17.3 Å². The number of halogens is 1. The molecule has 0 saturated heterocycles. The van der Waals surface area contributed by atoms with Crippen molar-refractivity contribution < 1.29 is 4.42 Å². The largest absolute Gasteiger partial charge is 0.427 e. The summed E-state index contributed by atoms with van der Waals surface area (Å²) in [4.78, 5) is 13.1. The number of rotatable bonds is 9. The van der Waals surface area contributed by atoms with Crippen molar-refractivity contribution in [1.82, 2.24) is 24.1 Å². The number of aryl methyl sites for hydroxylation is 3. The van der Waals surface area contributed by atoms with Gasteiger partial charge in [-0.2, -0.15) is 4.98 Å². The SMILES string of the molecule is Cc1nccn1-c1nc(-c2ccc(Cl)cc2)c(CCCCCCn2ccnc2)o1. The van der Waals surface area contributed by atoms with Crippen LogP contribution in [0.3, 0.4) is 0 Å². The third-order valence-corrected chi connectivity index (χ3v) is 5.22. The molecule has 4 aromatic rings. The highest BCUT2D eigenvalue weighted by Crippen LogP contribution is 2.28. The standard InChI is InChI=1S/C22H24ClN5O/c1-17-25-12-15-28(17)22-26-21(18-7-9-19(23)10-8-18)20(29-22)6-4-2-3-5-13-27-14-11-24-16-27/h7-12,14-16H,2-6,13H2,1H3. The molecule has 6 nitrogen and oxygen atoms in total. The first-order valence-electron chi connectivity index (χ1n) is 9.92. The maximum atomic E-state index is 6.16. The van der Waals surface area contributed by atoms with Gasteiger partial charge >= 0.3 is 6.01 Å². The van der Waals surface area contributed by atoms with Crippen molar-refractivity contribution in [3.8, 4) is 17.3 Å². The summed E-state index contributed by atoms with van der Waals surface area (Å²) < 4.78 is 10.1. The van der Waals surface area contributed by atoms with Crippen LogP contribution in [-0.4, -0.2) is 24.1 Å². The first-order chi connectivity index (χ1) is 14.2. The Balaban J connectivity index is 1.43. The second kappa shape index (κ2) is 9.09. The molecular formula is C22H24ClN5O. The van der Waals surface area contributed by atoms with Gasteiger partial charge < -0.3 is 8.98 Å². The average molecular weight is 410 g/mol. The van der Waals surface area contributed by atoms with E-state index in [-0.39, 0.29) is 0 Å². The van der Waals surface area contributed by atoms with Crippen molar-refractivity contribution in [3.05, 3.63) is 72.0 Å². The van der Waals surface area contributed by atoms with Crippen LogP contribution in [0.4, 0.5) is 0 Å². The summed E-state index contributed by atoms with van der Waals surface area (Å²) in [5, 5.41) is 0.711. The Labute approximate surface area is 175 Å². The van der Waals surface area contributed by atoms with E-state index < -0.39 is 0 Å². The third-order valence-electron chi connectivity index (χ3n) is 4.96. The van der Waals surface area contributed by atoms with Gasteiger partial charge in [0.15, 0.2) is 0 Å². The fraction of sp³-hybridized carbons (Fsp3) is 0.318. The first kappa shape index (κ1) is 19.5. The molecule has 0 amide bonds. The smallest absolute Gasteiger partial charge is 0.307 e. The highest BCUT2D eigenvalue weighted by Gasteiger charge is 2.17. The molecule has 0 atom stereocenters. The zero-order valence-corrected chi connectivity index (χ0v) is 17.2. The Hall–Kier alpha value is -2.86. The molecule has 4 rings (SSSR count). The highest BCUT2D eigenvalue weighted by molar-refractivity contribution is 6.30. The number of imidazole rings is 2. The Morgan fingerprint density at radius 3 is 2.55 bits per heavy atom. The van der Waals surface area contributed by atoms with Gasteiger partial charge in [0, 0.05) is 48.3 Å². The van der Waals surface area contributed by atoms with Gasteiger partial charge in [0.05, 0.1) is 6.33 Å². The van der Waals surface area contributed by atoms with Crippen LogP contribution < -0.4 is 0 Å². The number of aromatic nitrogens is 5. The lowest BCUT2D eigenvalue weighted by Gasteiger charge is -2.03. The molecule has 1 aromatic carbocycles. The third kappa shape index (κ3) is 4.77. The summed E-state index contributed by atoms with van der Waals surface area (Å²) in [6.07, 6.45) is 14.7. The van der Waals surface area contributed by atoms with Gasteiger partial charge in [-0.25, -0.2) is 9.97 Å². The van der Waals surface area contributed by atoms with Gasteiger partial charge in [-0.15, -0.1) is 0 Å². The van der Waals surface area contributed by atoms with Crippen LogP contribution in [0.5, 0.6) is 0 Å². The molecule has 0 aliphatic rings. The molecule has 0 saturated carbocycles. The van der Waals surface area contributed by atoms with Crippen molar-refractivity contribution in [2.75, 3.05) is 0 Å². The number of hydrogen-bond acceptors (Lipinski definition) is 4. The lowest BCUT2D eigenvalue weighted by atomic mass is 10.1. The molecule has 0 spiro atoms. The van der Waals surface area contributed by atoms with Crippen molar-refractivity contribution in [1.29, 1.82) is 0 Å². The van der Waals surface area contributed by atoms with Gasteiger partial charge in [-0.05, 0) is 31.9 Å². The molecule has 0 unspecified atom stereocenters. The van der Waals surface area contributed by atoms with Crippen LogP contribution in [0.15, 0.2) is 59.8 Å². The predicted molar refractivity (Wildman–Crippen MR) is 113 cm³/mol. The number of unbranched alkanes of at least 4 members (excludes halogenated alkanes) is 3.